The van der Waals surface area contributed by atoms with E-state index < -0.39 is 6.10 Å². The third-order valence-electron chi connectivity index (χ3n) is 4.01. The zero-order valence-corrected chi connectivity index (χ0v) is 13.0. The van der Waals surface area contributed by atoms with Crippen LogP contribution < -0.4 is 5.32 Å². The van der Waals surface area contributed by atoms with Gasteiger partial charge in [0.2, 0.25) is 0 Å². The lowest BCUT2D eigenvalue weighted by Gasteiger charge is -2.21. The van der Waals surface area contributed by atoms with Gasteiger partial charge in [-0.25, -0.2) is 0 Å². The third-order valence-corrected chi connectivity index (χ3v) is 4.01. The van der Waals surface area contributed by atoms with Crippen molar-refractivity contribution in [1.29, 1.82) is 0 Å². The Kier molecular flexibility index (Phi) is 5.76. The van der Waals surface area contributed by atoms with E-state index in [1.165, 1.54) is 5.56 Å². The number of hydrogen-bond donors (Lipinski definition) is 2. The number of hydrogen-bond acceptors (Lipinski definition) is 3. The van der Waals surface area contributed by atoms with Crippen molar-refractivity contribution in [2.24, 2.45) is 0 Å². The van der Waals surface area contributed by atoms with Gasteiger partial charge in [0.25, 0.3) is 5.91 Å². The third kappa shape index (κ3) is 4.83. The summed E-state index contributed by atoms with van der Waals surface area (Å²) < 4.78 is 0. The van der Waals surface area contributed by atoms with Crippen LogP contribution in [0, 0.1) is 0 Å². The van der Waals surface area contributed by atoms with Crippen molar-refractivity contribution in [3.63, 3.8) is 0 Å². The average Bonchev–Trinajstić information content (AvgIpc) is 2.64. The molecule has 1 fully saturated rings. The first-order valence-corrected chi connectivity index (χ1v) is 7.79. The van der Waals surface area contributed by atoms with Crippen molar-refractivity contribution in [2.75, 3.05) is 14.1 Å². The van der Waals surface area contributed by atoms with E-state index in [0.717, 1.165) is 38.6 Å². The molecule has 21 heavy (non-hydrogen) atoms. The Morgan fingerprint density at radius 2 is 1.86 bits per heavy atom. The van der Waals surface area contributed by atoms with E-state index in [0.29, 0.717) is 5.56 Å². The van der Waals surface area contributed by atoms with Gasteiger partial charge >= 0.3 is 0 Å². The lowest BCUT2D eigenvalue weighted by Crippen LogP contribution is -2.42. The second-order valence-corrected chi connectivity index (χ2v) is 6.22. The minimum atomic E-state index is -0.413. The highest BCUT2D eigenvalue weighted by molar-refractivity contribution is 5.94. The molecule has 116 valence electrons. The van der Waals surface area contributed by atoms with E-state index in [1.807, 2.05) is 38.4 Å². The van der Waals surface area contributed by atoms with Crippen molar-refractivity contribution in [3.05, 3.63) is 35.4 Å². The molecule has 0 bridgehead atoms. The fourth-order valence-corrected chi connectivity index (χ4v) is 2.83. The van der Waals surface area contributed by atoms with Gasteiger partial charge in [0.15, 0.2) is 0 Å². The monoisotopic (exact) mass is 290 g/mol. The van der Waals surface area contributed by atoms with Crippen LogP contribution in [0.15, 0.2) is 24.3 Å². The lowest BCUT2D eigenvalue weighted by atomic mass is 10.0. The molecule has 2 atom stereocenters. The zero-order valence-electron chi connectivity index (χ0n) is 13.0. The number of carbonyl (C=O) groups is 1. The number of carbonyl (C=O) groups excluding carboxylic acids is 1. The van der Waals surface area contributed by atoms with Crippen molar-refractivity contribution in [1.82, 2.24) is 10.2 Å². The molecule has 4 nitrogen and oxygen atoms in total. The summed E-state index contributed by atoms with van der Waals surface area (Å²) in [6.07, 6.45) is 4.50. The second-order valence-electron chi connectivity index (χ2n) is 6.22. The summed E-state index contributed by atoms with van der Waals surface area (Å²) in [5, 5.41) is 13.1. The molecule has 1 aliphatic carbocycles. The van der Waals surface area contributed by atoms with E-state index in [-0.39, 0.29) is 11.9 Å². The highest BCUT2D eigenvalue weighted by Gasteiger charge is 2.23. The molecule has 2 rings (SSSR count). The topological polar surface area (TPSA) is 52.6 Å². The van der Waals surface area contributed by atoms with Gasteiger partial charge < -0.3 is 15.3 Å². The Hall–Kier alpha value is -1.39. The average molecular weight is 290 g/mol. The van der Waals surface area contributed by atoms with Gasteiger partial charge in [-0.15, -0.1) is 0 Å². The van der Waals surface area contributed by atoms with Gasteiger partial charge in [-0.3, -0.25) is 4.79 Å². The predicted molar refractivity (Wildman–Crippen MR) is 84.2 cm³/mol. The van der Waals surface area contributed by atoms with Crippen LogP contribution in [0.5, 0.6) is 0 Å². The van der Waals surface area contributed by atoms with Crippen molar-refractivity contribution < 1.29 is 9.90 Å². The maximum absolute atomic E-state index is 12.3. The van der Waals surface area contributed by atoms with Crippen molar-refractivity contribution >= 4 is 5.91 Å². The molecule has 0 heterocycles. The van der Waals surface area contributed by atoms with E-state index in [9.17, 15) is 9.90 Å². The molecule has 2 unspecified atom stereocenters. The Balaban J connectivity index is 1.96. The summed E-state index contributed by atoms with van der Waals surface area (Å²) in [5.41, 5.74) is 1.85. The SMILES string of the molecule is CN(C)Cc1ccc(C(=O)NC2CCCCCC2O)cc1. The van der Waals surface area contributed by atoms with Crippen LogP contribution in [0.4, 0.5) is 0 Å². The van der Waals surface area contributed by atoms with Crippen LogP contribution in [-0.4, -0.2) is 42.2 Å². The Labute approximate surface area is 127 Å². The maximum atomic E-state index is 12.3. The standard InChI is InChI=1S/C17H26N2O2/c1-19(2)12-13-8-10-14(11-9-13)17(21)18-15-6-4-3-5-7-16(15)20/h8-11,15-16,20H,3-7,12H2,1-2H3,(H,18,21). The summed E-state index contributed by atoms with van der Waals surface area (Å²) in [7, 11) is 4.04. The number of nitrogens with zero attached hydrogens (tertiary/aromatic N) is 1. The molecule has 1 aromatic carbocycles. The quantitative estimate of drug-likeness (QED) is 0.836. The highest BCUT2D eigenvalue weighted by atomic mass is 16.3. The Bertz CT molecular complexity index is 456. The lowest BCUT2D eigenvalue weighted by molar-refractivity contribution is 0.0819. The molecule has 1 aliphatic rings. The molecule has 4 heteroatoms. The predicted octanol–water partition coefficient (Wildman–Crippen LogP) is 2.17. The number of nitrogens with one attached hydrogen (secondary N) is 1. The molecular formula is C17H26N2O2. The Morgan fingerprint density at radius 3 is 2.52 bits per heavy atom. The van der Waals surface area contributed by atoms with E-state index in [1.54, 1.807) is 0 Å². The van der Waals surface area contributed by atoms with Crippen LogP contribution in [0.3, 0.4) is 0 Å². The Morgan fingerprint density at radius 1 is 1.19 bits per heavy atom. The molecular weight excluding hydrogens is 264 g/mol. The number of aliphatic hydroxyl groups excluding tert-OH is 1. The molecule has 0 radical (unpaired) electrons. The molecule has 0 saturated heterocycles. The van der Waals surface area contributed by atoms with E-state index in [4.69, 9.17) is 0 Å². The summed E-state index contributed by atoms with van der Waals surface area (Å²) in [5.74, 6) is -0.0858. The van der Waals surface area contributed by atoms with Gasteiger partial charge in [0.05, 0.1) is 12.1 Å². The van der Waals surface area contributed by atoms with Gasteiger partial charge in [0.1, 0.15) is 0 Å². The van der Waals surface area contributed by atoms with Crippen LogP contribution >= 0.6 is 0 Å². The molecule has 1 aromatic rings. The normalized spacial score (nSPS) is 22.9. The van der Waals surface area contributed by atoms with Crippen molar-refractivity contribution in [2.45, 2.75) is 50.8 Å². The minimum absolute atomic E-state index is 0.0858. The summed E-state index contributed by atoms with van der Waals surface area (Å²) >= 11 is 0. The minimum Gasteiger partial charge on any atom is -0.391 e. The van der Waals surface area contributed by atoms with E-state index >= 15 is 0 Å². The van der Waals surface area contributed by atoms with Crippen LogP contribution in [0.25, 0.3) is 0 Å². The van der Waals surface area contributed by atoms with Crippen molar-refractivity contribution in [3.8, 4) is 0 Å². The number of rotatable bonds is 4. The number of aliphatic hydroxyl groups is 1. The maximum Gasteiger partial charge on any atom is 0.251 e. The van der Waals surface area contributed by atoms with Crippen LogP contribution in [0.2, 0.25) is 0 Å². The first kappa shape index (κ1) is 16.0. The molecule has 0 aromatic heterocycles. The molecule has 2 N–H and O–H groups in total. The van der Waals surface area contributed by atoms with E-state index in [2.05, 4.69) is 10.2 Å². The largest absolute Gasteiger partial charge is 0.391 e. The number of amides is 1. The van der Waals surface area contributed by atoms with Gasteiger partial charge in [0, 0.05) is 12.1 Å². The molecule has 0 spiro atoms. The fraction of sp³-hybridized carbons (Fsp3) is 0.588. The summed E-state index contributed by atoms with van der Waals surface area (Å²) in [6, 6.07) is 7.58. The van der Waals surface area contributed by atoms with Gasteiger partial charge in [-0.2, -0.15) is 0 Å². The van der Waals surface area contributed by atoms with Crippen LogP contribution in [0.1, 0.15) is 48.0 Å². The second kappa shape index (κ2) is 7.57. The van der Waals surface area contributed by atoms with Gasteiger partial charge in [-0.1, -0.05) is 31.4 Å². The summed E-state index contributed by atoms with van der Waals surface area (Å²) in [4.78, 5) is 14.4. The smallest absolute Gasteiger partial charge is 0.251 e. The highest BCUT2D eigenvalue weighted by Crippen LogP contribution is 2.18. The molecule has 1 saturated carbocycles. The first-order chi connectivity index (χ1) is 10.1. The zero-order chi connectivity index (χ0) is 15.2. The molecule has 0 aliphatic heterocycles. The molecule has 1 amide bonds. The van der Waals surface area contributed by atoms with Gasteiger partial charge in [-0.05, 0) is 44.6 Å². The fourth-order valence-electron chi connectivity index (χ4n) is 2.83. The summed E-state index contributed by atoms with van der Waals surface area (Å²) in [6.45, 7) is 0.864. The van der Waals surface area contributed by atoms with Crippen LogP contribution in [-0.2, 0) is 6.54 Å². The number of benzene rings is 1. The first-order valence-electron chi connectivity index (χ1n) is 7.79.